The first-order valence-electron chi connectivity index (χ1n) is 6.34. The summed E-state index contributed by atoms with van der Waals surface area (Å²) in [5, 5.41) is 3.54. The first-order chi connectivity index (χ1) is 9.93. The number of benzene rings is 2. The van der Waals surface area contributed by atoms with Gasteiger partial charge in [0.2, 0.25) is 0 Å². The fourth-order valence-corrected chi connectivity index (χ4v) is 2.58. The first kappa shape index (κ1) is 15.7. The molecule has 0 aliphatic carbocycles. The van der Waals surface area contributed by atoms with Crippen LogP contribution in [0.2, 0.25) is 10.0 Å². The number of amides is 1. The molecule has 0 aliphatic heterocycles. The van der Waals surface area contributed by atoms with Crippen LogP contribution in [0.25, 0.3) is 0 Å². The van der Waals surface area contributed by atoms with E-state index in [9.17, 15) is 4.79 Å². The van der Waals surface area contributed by atoms with Gasteiger partial charge in [0.25, 0.3) is 5.91 Å². The molecule has 0 aliphatic rings. The van der Waals surface area contributed by atoms with Crippen LogP contribution in [0.1, 0.15) is 21.5 Å². The Morgan fingerprint density at radius 1 is 1.19 bits per heavy atom. The minimum atomic E-state index is -0.315. The fraction of sp³-hybridized carbons (Fsp3) is 0.188. The second kappa shape index (κ2) is 6.37. The van der Waals surface area contributed by atoms with E-state index in [1.54, 1.807) is 0 Å². The molecule has 0 fully saturated rings. The van der Waals surface area contributed by atoms with Crippen molar-refractivity contribution < 1.29 is 9.53 Å². The standard InChI is InChI=1S/C16H15Cl2NO2/c1-9-5-4-6-14(10(9)2)19-16(20)12-7-11(17)8-13(18)15(12)21-3/h4-8H,1-3H3,(H,19,20). The Balaban J connectivity index is 2.39. The Hall–Kier alpha value is -1.71. The zero-order chi connectivity index (χ0) is 15.6. The highest BCUT2D eigenvalue weighted by molar-refractivity contribution is 6.36. The van der Waals surface area contributed by atoms with Gasteiger partial charge >= 0.3 is 0 Å². The average molecular weight is 324 g/mol. The van der Waals surface area contributed by atoms with Crippen LogP contribution < -0.4 is 10.1 Å². The van der Waals surface area contributed by atoms with E-state index in [4.69, 9.17) is 27.9 Å². The first-order valence-corrected chi connectivity index (χ1v) is 7.10. The fourth-order valence-electron chi connectivity index (χ4n) is 2.01. The van der Waals surface area contributed by atoms with Crippen LogP contribution in [0.15, 0.2) is 30.3 Å². The minimum absolute atomic E-state index is 0.302. The van der Waals surface area contributed by atoms with Crippen molar-refractivity contribution in [1.82, 2.24) is 0 Å². The lowest BCUT2D eigenvalue weighted by Gasteiger charge is -2.13. The highest BCUT2D eigenvalue weighted by Crippen LogP contribution is 2.33. The van der Waals surface area contributed by atoms with Crippen molar-refractivity contribution in [3.8, 4) is 5.75 Å². The lowest BCUT2D eigenvalue weighted by atomic mass is 10.1. The highest BCUT2D eigenvalue weighted by atomic mass is 35.5. The van der Waals surface area contributed by atoms with Crippen molar-refractivity contribution in [1.29, 1.82) is 0 Å². The second-order valence-corrected chi connectivity index (χ2v) is 5.51. The van der Waals surface area contributed by atoms with Gasteiger partial charge in [0.05, 0.1) is 17.7 Å². The molecule has 0 heterocycles. The molecular weight excluding hydrogens is 309 g/mol. The molecule has 1 amide bonds. The van der Waals surface area contributed by atoms with Crippen LogP contribution in [-0.2, 0) is 0 Å². The topological polar surface area (TPSA) is 38.3 Å². The van der Waals surface area contributed by atoms with Gasteiger partial charge in [-0.25, -0.2) is 0 Å². The van der Waals surface area contributed by atoms with Gasteiger partial charge in [-0.1, -0.05) is 35.3 Å². The number of carbonyl (C=O) groups is 1. The van der Waals surface area contributed by atoms with Crippen molar-refractivity contribution in [2.45, 2.75) is 13.8 Å². The molecule has 3 nitrogen and oxygen atoms in total. The smallest absolute Gasteiger partial charge is 0.259 e. The maximum Gasteiger partial charge on any atom is 0.259 e. The summed E-state index contributed by atoms with van der Waals surface area (Å²) in [4.78, 5) is 12.5. The van der Waals surface area contributed by atoms with Gasteiger partial charge in [-0.3, -0.25) is 4.79 Å². The van der Waals surface area contributed by atoms with Gasteiger partial charge in [-0.15, -0.1) is 0 Å². The Bertz CT molecular complexity index is 699. The van der Waals surface area contributed by atoms with Crippen LogP contribution in [0, 0.1) is 13.8 Å². The summed E-state index contributed by atoms with van der Waals surface area (Å²) in [7, 11) is 1.46. The number of aryl methyl sites for hydroxylation is 1. The summed E-state index contributed by atoms with van der Waals surface area (Å²) in [6.45, 7) is 3.94. The van der Waals surface area contributed by atoms with Crippen molar-refractivity contribution in [3.05, 3.63) is 57.1 Å². The molecule has 2 rings (SSSR count). The number of anilines is 1. The molecule has 21 heavy (non-hydrogen) atoms. The molecule has 2 aromatic rings. The number of halogens is 2. The Kier molecular flexibility index (Phi) is 4.76. The predicted octanol–water partition coefficient (Wildman–Crippen LogP) is 4.87. The van der Waals surface area contributed by atoms with E-state index in [1.807, 2.05) is 32.0 Å². The normalized spacial score (nSPS) is 10.3. The van der Waals surface area contributed by atoms with E-state index in [0.717, 1.165) is 16.8 Å². The van der Waals surface area contributed by atoms with E-state index in [0.29, 0.717) is 21.4 Å². The quantitative estimate of drug-likeness (QED) is 0.874. The molecule has 0 spiro atoms. The summed E-state index contributed by atoms with van der Waals surface area (Å²) in [6.07, 6.45) is 0. The second-order valence-electron chi connectivity index (χ2n) is 4.67. The number of hydrogen-bond donors (Lipinski definition) is 1. The van der Waals surface area contributed by atoms with E-state index in [2.05, 4.69) is 5.32 Å². The number of nitrogens with one attached hydrogen (secondary N) is 1. The van der Waals surface area contributed by atoms with Gasteiger partial charge in [0.1, 0.15) is 5.75 Å². The summed E-state index contributed by atoms with van der Waals surface area (Å²) in [5.74, 6) is -0.00572. The van der Waals surface area contributed by atoms with Gasteiger partial charge in [0.15, 0.2) is 0 Å². The Labute approximate surface area is 133 Å². The number of rotatable bonds is 3. The van der Waals surface area contributed by atoms with Crippen LogP contribution >= 0.6 is 23.2 Å². The molecular formula is C16H15Cl2NO2. The summed E-state index contributed by atoms with van der Waals surface area (Å²) in [5.41, 5.74) is 3.16. The predicted molar refractivity (Wildman–Crippen MR) is 86.9 cm³/mol. The lowest BCUT2D eigenvalue weighted by Crippen LogP contribution is -2.14. The third kappa shape index (κ3) is 3.31. The van der Waals surface area contributed by atoms with Gasteiger partial charge in [-0.2, -0.15) is 0 Å². The van der Waals surface area contributed by atoms with E-state index >= 15 is 0 Å². The number of hydrogen-bond acceptors (Lipinski definition) is 2. The highest BCUT2D eigenvalue weighted by Gasteiger charge is 2.17. The van der Waals surface area contributed by atoms with Gasteiger partial charge in [-0.05, 0) is 43.2 Å². The van der Waals surface area contributed by atoms with Crippen LogP contribution in [0.4, 0.5) is 5.69 Å². The Morgan fingerprint density at radius 2 is 1.90 bits per heavy atom. The number of ether oxygens (including phenoxy) is 1. The van der Waals surface area contributed by atoms with Gasteiger partial charge in [0, 0.05) is 10.7 Å². The molecule has 5 heteroatoms. The SMILES string of the molecule is COc1c(Cl)cc(Cl)cc1C(=O)Nc1cccc(C)c1C. The van der Waals surface area contributed by atoms with E-state index in [-0.39, 0.29) is 5.91 Å². The van der Waals surface area contributed by atoms with Crippen LogP contribution in [-0.4, -0.2) is 13.0 Å². The molecule has 0 saturated carbocycles. The molecule has 1 N–H and O–H groups in total. The molecule has 0 unspecified atom stereocenters. The third-order valence-electron chi connectivity index (χ3n) is 3.31. The zero-order valence-corrected chi connectivity index (χ0v) is 13.5. The van der Waals surface area contributed by atoms with Gasteiger partial charge < -0.3 is 10.1 Å². The molecule has 2 aromatic carbocycles. The monoisotopic (exact) mass is 323 g/mol. The van der Waals surface area contributed by atoms with E-state index in [1.165, 1.54) is 19.2 Å². The largest absolute Gasteiger partial charge is 0.494 e. The van der Waals surface area contributed by atoms with E-state index < -0.39 is 0 Å². The molecule has 0 atom stereocenters. The van der Waals surface area contributed by atoms with Crippen molar-refractivity contribution >= 4 is 34.8 Å². The maximum atomic E-state index is 12.5. The summed E-state index contributed by atoms with van der Waals surface area (Å²) >= 11 is 12.0. The lowest BCUT2D eigenvalue weighted by molar-refractivity contribution is 0.102. The van der Waals surface area contributed by atoms with Crippen molar-refractivity contribution in [3.63, 3.8) is 0 Å². The number of methoxy groups -OCH3 is 1. The summed E-state index contributed by atoms with van der Waals surface area (Å²) in [6, 6.07) is 8.80. The Morgan fingerprint density at radius 3 is 2.57 bits per heavy atom. The molecule has 0 saturated heterocycles. The molecule has 110 valence electrons. The van der Waals surface area contributed by atoms with Crippen LogP contribution in [0.5, 0.6) is 5.75 Å². The third-order valence-corrected chi connectivity index (χ3v) is 3.81. The zero-order valence-electron chi connectivity index (χ0n) is 12.0. The molecule has 0 bridgehead atoms. The number of carbonyl (C=O) groups excluding carboxylic acids is 1. The maximum absolute atomic E-state index is 12.5. The van der Waals surface area contributed by atoms with Crippen molar-refractivity contribution in [2.75, 3.05) is 12.4 Å². The summed E-state index contributed by atoms with van der Waals surface area (Å²) < 4.78 is 5.19. The molecule has 0 aromatic heterocycles. The average Bonchev–Trinajstić information content (AvgIpc) is 2.43. The van der Waals surface area contributed by atoms with Crippen molar-refractivity contribution in [2.24, 2.45) is 0 Å². The molecule has 0 radical (unpaired) electrons. The van der Waals surface area contributed by atoms with Crippen LogP contribution in [0.3, 0.4) is 0 Å². The minimum Gasteiger partial charge on any atom is -0.494 e.